The van der Waals surface area contributed by atoms with Gasteiger partial charge in [0, 0.05) is 44.8 Å². The summed E-state index contributed by atoms with van der Waals surface area (Å²) >= 11 is 0. The smallest absolute Gasteiger partial charge is 0.272 e. The summed E-state index contributed by atoms with van der Waals surface area (Å²) in [5, 5.41) is 4.22. The predicted octanol–water partition coefficient (Wildman–Crippen LogP) is 3.33. The number of carbonyl (C=O) groups is 1. The van der Waals surface area contributed by atoms with E-state index >= 15 is 0 Å². The first kappa shape index (κ1) is 18.8. The Morgan fingerprint density at radius 2 is 1.61 bits per heavy atom. The highest BCUT2D eigenvalue weighted by atomic mass is 16.2. The lowest BCUT2D eigenvalue weighted by Gasteiger charge is -2.31. The molecule has 2 aliphatic heterocycles. The van der Waals surface area contributed by atoms with Gasteiger partial charge in [-0.3, -0.25) is 14.4 Å². The molecular formula is C26H28N4O. The van der Waals surface area contributed by atoms with E-state index in [1.165, 1.54) is 16.7 Å². The molecule has 5 nitrogen and oxygen atoms in total. The molecule has 3 aromatic rings. The van der Waals surface area contributed by atoms with Crippen molar-refractivity contribution >= 4 is 5.91 Å². The summed E-state index contributed by atoms with van der Waals surface area (Å²) in [6, 6.07) is 22.1. The minimum atomic E-state index is 0.100. The van der Waals surface area contributed by atoms with Gasteiger partial charge in [0.15, 0.2) is 0 Å². The monoisotopic (exact) mass is 412 g/mol. The lowest BCUT2D eigenvalue weighted by Crippen LogP contribution is -2.40. The summed E-state index contributed by atoms with van der Waals surface area (Å²) in [5.41, 5.74) is 4.94. The molecule has 31 heavy (non-hydrogen) atoms. The molecule has 0 saturated carbocycles. The molecule has 0 N–H and O–H groups in total. The van der Waals surface area contributed by atoms with Crippen molar-refractivity contribution in [3.8, 4) is 0 Å². The zero-order chi connectivity index (χ0) is 20.9. The molecule has 3 aliphatic rings. The number of amides is 1. The van der Waals surface area contributed by atoms with Crippen molar-refractivity contribution in [2.75, 3.05) is 19.6 Å². The Balaban J connectivity index is 1.27. The van der Waals surface area contributed by atoms with E-state index in [9.17, 15) is 4.79 Å². The van der Waals surface area contributed by atoms with Gasteiger partial charge in [0.2, 0.25) is 0 Å². The van der Waals surface area contributed by atoms with Gasteiger partial charge in [-0.1, -0.05) is 54.6 Å². The van der Waals surface area contributed by atoms with E-state index in [2.05, 4.69) is 69.5 Å². The predicted molar refractivity (Wildman–Crippen MR) is 120 cm³/mol. The molecule has 158 valence electrons. The van der Waals surface area contributed by atoms with E-state index in [1.54, 1.807) is 10.9 Å². The van der Waals surface area contributed by atoms with Gasteiger partial charge in [-0.2, -0.15) is 5.10 Å². The maximum Gasteiger partial charge on any atom is 0.272 e. The number of rotatable bonds is 3. The number of hydrogen-bond donors (Lipinski definition) is 0. The molecule has 2 saturated heterocycles. The SMILES string of the molecule is Cn1nccc1C(=O)N1C[C@@H]2CN(C3Cc4ccccc4C3)C[C@@H]2[C@H]1c1ccccc1. The topological polar surface area (TPSA) is 41.4 Å². The van der Waals surface area contributed by atoms with Crippen molar-refractivity contribution in [2.24, 2.45) is 18.9 Å². The fraction of sp³-hybridized carbons (Fsp3) is 0.385. The largest absolute Gasteiger partial charge is 0.330 e. The fourth-order valence-electron chi connectivity index (χ4n) is 6.19. The third-order valence-electron chi connectivity index (χ3n) is 7.68. The van der Waals surface area contributed by atoms with E-state index in [4.69, 9.17) is 0 Å². The third kappa shape index (κ3) is 3.10. The van der Waals surface area contributed by atoms with Crippen LogP contribution in [0.25, 0.3) is 0 Å². The second-order valence-corrected chi connectivity index (χ2v) is 9.36. The molecule has 1 amide bonds. The van der Waals surface area contributed by atoms with Crippen LogP contribution in [0.3, 0.4) is 0 Å². The molecule has 6 rings (SSSR count). The van der Waals surface area contributed by atoms with Gasteiger partial charge in [-0.15, -0.1) is 0 Å². The van der Waals surface area contributed by atoms with Crippen LogP contribution in [0.1, 0.15) is 33.2 Å². The lowest BCUT2D eigenvalue weighted by molar-refractivity contribution is 0.0683. The summed E-state index contributed by atoms with van der Waals surface area (Å²) < 4.78 is 1.69. The minimum absolute atomic E-state index is 0.100. The van der Waals surface area contributed by atoms with E-state index < -0.39 is 0 Å². The van der Waals surface area contributed by atoms with Crippen LogP contribution in [0.15, 0.2) is 66.9 Å². The molecule has 1 aliphatic carbocycles. The second-order valence-electron chi connectivity index (χ2n) is 9.36. The third-order valence-corrected chi connectivity index (χ3v) is 7.68. The molecule has 2 aromatic carbocycles. The normalized spacial score (nSPS) is 25.7. The average Bonchev–Trinajstić information content (AvgIpc) is 3.55. The fourth-order valence-corrected chi connectivity index (χ4v) is 6.19. The summed E-state index contributed by atoms with van der Waals surface area (Å²) in [5.74, 6) is 1.09. The molecule has 0 spiro atoms. The highest BCUT2D eigenvalue weighted by Gasteiger charge is 2.50. The van der Waals surface area contributed by atoms with Crippen LogP contribution < -0.4 is 0 Å². The molecule has 3 heterocycles. The molecule has 0 bridgehead atoms. The summed E-state index contributed by atoms with van der Waals surface area (Å²) in [6.07, 6.45) is 4.02. The number of carbonyl (C=O) groups excluding carboxylic acids is 1. The number of benzene rings is 2. The van der Waals surface area contributed by atoms with Crippen molar-refractivity contribution in [2.45, 2.75) is 24.9 Å². The molecule has 0 unspecified atom stereocenters. The van der Waals surface area contributed by atoms with Crippen LogP contribution >= 0.6 is 0 Å². The van der Waals surface area contributed by atoms with Crippen molar-refractivity contribution < 1.29 is 4.79 Å². The molecule has 0 radical (unpaired) electrons. The molecule has 1 aromatic heterocycles. The van der Waals surface area contributed by atoms with E-state index in [-0.39, 0.29) is 11.9 Å². The van der Waals surface area contributed by atoms with Crippen LogP contribution in [0, 0.1) is 11.8 Å². The first-order chi connectivity index (χ1) is 15.2. The Morgan fingerprint density at radius 3 is 2.29 bits per heavy atom. The van der Waals surface area contributed by atoms with Crippen LogP contribution in [-0.2, 0) is 19.9 Å². The number of nitrogens with zero attached hydrogens (tertiary/aromatic N) is 4. The lowest BCUT2D eigenvalue weighted by atomic mass is 9.89. The van der Waals surface area contributed by atoms with Gasteiger partial charge < -0.3 is 4.90 Å². The van der Waals surface area contributed by atoms with Gasteiger partial charge in [0.25, 0.3) is 5.91 Å². The Morgan fingerprint density at radius 1 is 0.903 bits per heavy atom. The maximum absolute atomic E-state index is 13.5. The van der Waals surface area contributed by atoms with Crippen molar-refractivity contribution in [1.29, 1.82) is 0 Å². The summed E-state index contributed by atoms with van der Waals surface area (Å²) in [6.45, 7) is 2.98. The Hall–Kier alpha value is -2.92. The average molecular weight is 413 g/mol. The van der Waals surface area contributed by atoms with Crippen molar-refractivity contribution in [1.82, 2.24) is 19.6 Å². The van der Waals surface area contributed by atoms with Gasteiger partial charge >= 0.3 is 0 Å². The van der Waals surface area contributed by atoms with Gasteiger partial charge in [-0.05, 0) is 41.5 Å². The standard InChI is InChI=1S/C26H28N4O/c1-28-24(11-12-27-28)26(31)30-16-21-15-29(22-13-19-9-5-6-10-20(19)14-22)17-23(21)25(30)18-7-3-2-4-8-18/h2-12,21-23,25H,13-17H2,1H3/t21-,23-,25+/m0/s1. The van der Waals surface area contributed by atoms with Crippen molar-refractivity contribution in [3.05, 3.63) is 89.2 Å². The van der Waals surface area contributed by atoms with Gasteiger partial charge in [-0.25, -0.2) is 0 Å². The van der Waals surface area contributed by atoms with Gasteiger partial charge in [0.05, 0.1) is 6.04 Å². The van der Waals surface area contributed by atoms with Crippen LogP contribution in [-0.4, -0.2) is 51.2 Å². The van der Waals surface area contributed by atoms with Gasteiger partial charge in [0.1, 0.15) is 5.69 Å². The Kier molecular flexibility index (Phi) is 4.46. The molecule has 5 heteroatoms. The number of aromatic nitrogens is 2. The highest BCUT2D eigenvalue weighted by molar-refractivity contribution is 5.93. The second kappa shape index (κ2) is 7.34. The zero-order valence-electron chi connectivity index (χ0n) is 17.9. The van der Waals surface area contributed by atoms with Crippen molar-refractivity contribution in [3.63, 3.8) is 0 Å². The maximum atomic E-state index is 13.5. The quantitative estimate of drug-likeness (QED) is 0.663. The molecule has 3 atom stereocenters. The Bertz CT molecular complexity index is 1080. The Labute approximate surface area is 183 Å². The zero-order valence-corrected chi connectivity index (χ0v) is 17.9. The first-order valence-corrected chi connectivity index (χ1v) is 11.3. The van der Waals surface area contributed by atoms with E-state index in [0.29, 0.717) is 23.6 Å². The first-order valence-electron chi connectivity index (χ1n) is 11.3. The van der Waals surface area contributed by atoms with Crippen LogP contribution in [0.4, 0.5) is 0 Å². The summed E-state index contributed by atoms with van der Waals surface area (Å²) in [4.78, 5) is 18.3. The van der Waals surface area contributed by atoms with Crippen LogP contribution in [0.5, 0.6) is 0 Å². The number of aryl methyl sites for hydroxylation is 1. The van der Waals surface area contributed by atoms with Crippen LogP contribution in [0.2, 0.25) is 0 Å². The molecular weight excluding hydrogens is 384 g/mol. The molecule has 2 fully saturated rings. The number of hydrogen-bond acceptors (Lipinski definition) is 3. The number of likely N-dealkylation sites (tertiary alicyclic amines) is 2. The minimum Gasteiger partial charge on any atom is -0.330 e. The highest BCUT2D eigenvalue weighted by Crippen LogP contribution is 2.46. The van der Waals surface area contributed by atoms with E-state index in [0.717, 1.165) is 32.5 Å². The number of fused-ring (bicyclic) bond motifs is 2. The summed E-state index contributed by atoms with van der Waals surface area (Å²) in [7, 11) is 1.85. The van der Waals surface area contributed by atoms with E-state index in [1.807, 2.05) is 13.1 Å².